The summed E-state index contributed by atoms with van der Waals surface area (Å²) in [7, 11) is -2.33. The molecule has 2 aromatic carbocycles. The highest BCUT2D eigenvalue weighted by atomic mass is 31.2. The van der Waals surface area contributed by atoms with Crippen molar-refractivity contribution in [2.75, 3.05) is 18.6 Å². The number of hydrogen-bond acceptors (Lipinski definition) is 6. The van der Waals surface area contributed by atoms with Gasteiger partial charge in [0, 0.05) is 23.4 Å². The maximum absolute atomic E-state index is 12.4. The minimum absolute atomic E-state index is 0.500. The number of rotatable bonds is 6. The molecule has 1 N–H and O–H groups in total. The largest absolute Gasteiger partial charge is 0.338 e. The van der Waals surface area contributed by atoms with Gasteiger partial charge in [0.15, 0.2) is 22.8 Å². The molecule has 0 radical (unpaired) electrons. The van der Waals surface area contributed by atoms with Gasteiger partial charge in [-0.25, -0.2) is 15.0 Å². The second-order valence-corrected chi connectivity index (χ2v) is 12.8. The van der Waals surface area contributed by atoms with Crippen LogP contribution in [0.2, 0.25) is 0 Å². The van der Waals surface area contributed by atoms with Crippen molar-refractivity contribution in [3.8, 4) is 11.5 Å². The maximum atomic E-state index is 12.4. The summed E-state index contributed by atoms with van der Waals surface area (Å²) in [6.45, 7) is 9.73. The summed E-state index contributed by atoms with van der Waals surface area (Å²) in [5.41, 5.74) is 7.44. The first-order chi connectivity index (χ1) is 17.7. The highest BCUT2D eigenvalue weighted by Gasteiger charge is 2.16. The van der Waals surface area contributed by atoms with E-state index in [-0.39, 0.29) is 0 Å². The normalized spacial score (nSPS) is 11.9. The predicted molar refractivity (Wildman–Crippen MR) is 153 cm³/mol. The van der Waals surface area contributed by atoms with E-state index >= 15 is 0 Å². The van der Waals surface area contributed by atoms with Gasteiger partial charge in [-0.3, -0.25) is 9.55 Å². The van der Waals surface area contributed by atoms with Gasteiger partial charge in [-0.05, 0) is 92.8 Å². The number of anilines is 2. The van der Waals surface area contributed by atoms with Crippen LogP contribution in [0.5, 0.6) is 0 Å². The molecule has 0 aliphatic carbocycles. The van der Waals surface area contributed by atoms with Crippen LogP contribution in [-0.2, 0) is 4.57 Å². The Bertz CT molecular complexity index is 1640. The molecule has 0 unspecified atom stereocenters. The van der Waals surface area contributed by atoms with E-state index in [1.165, 1.54) is 16.7 Å². The SMILES string of the molecule is Cc1ccc(-c2nc(Nc3ccc(P(C)(C)=O)cc3)c3ncn(C=Cc4c(C)cccc4C)c3n2)nc1. The van der Waals surface area contributed by atoms with Crippen LogP contribution in [0, 0.1) is 20.8 Å². The summed E-state index contributed by atoms with van der Waals surface area (Å²) in [6, 6.07) is 17.8. The molecular weight excluding hydrogens is 479 g/mol. The van der Waals surface area contributed by atoms with Crippen molar-refractivity contribution in [2.24, 2.45) is 0 Å². The van der Waals surface area contributed by atoms with Crippen molar-refractivity contribution in [1.29, 1.82) is 0 Å². The van der Waals surface area contributed by atoms with Crippen LogP contribution in [0.15, 0.2) is 67.1 Å². The van der Waals surface area contributed by atoms with E-state index in [1.807, 2.05) is 54.1 Å². The van der Waals surface area contributed by atoms with Crippen LogP contribution >= 0.6 is 7.14 Å². The summed E-state index contributed by atoms with van der Waals surface area (Å²) in [4.78, 5) is 18.8. The fourth-order valence-electron chi connectivity index (χ4n) is 4.11. The molecule has 0 amide bonds. The first kappa shape index (κ1) is 24.6. The number of benzene rings is 2. The minimum Gasteiger partial charge on any atom is -0.338 e. The van der Waals surface area contributed by atoms with Crippen LogP contribution < -0.4 is 10.6 Å². The van der Waals surface area contributed by atoms with Crippen molar-refractivity contribution < 1.29 is 4.57 Å². The zero-order valence-corrected chi connectivity index (χ0v) is 22.5. The lowest BCUT2D eigenvalue weighted by Gasteiger charge is -2.11. The molecule has 0 saturated carbocycles. The third-order valence-electron chi connectivity index (χ3n) is 6.26. The Balaban J connectivity index is 1.60. The Morgan fingerprint density at radius 1 is 0.892 bits per heavy atom. The lowest BCUT2D eigenvalue weighted by Crippen LogP contribution is -2.04. The van der Waals surface area contributed by atoms with Crippen molar-refractivity contribution in [3.05, 3.63) is 89.4 Å². The molecule has 0 spiro atoms. The molecule has 3 aromatic heterocycles. The van der Waals surface area contributed by atoms with Crippen molar-refractivity contribution in [3.63, 3.8) is 0 Å². The van der Waals surface area contributed by atoms with Gasteiger partial charge < -0.3 is 9.88 Å². The molecule has 0 aliphatic heterocycles. The molecule has 0 aliphatic rings. The van der Waals surface area contributed by atoms with Gasteiger partial charge in [0.25, 0.3) is 0 Å². The van der Waals surface area contributed by atoms with Gasteiger partial charge in [0.05, 0.1) is 0 Å². The number of aromatic nitrogens is 5. The number of imidazole rings is 1. The van der Waals surface area contributed by atoms with E-state index in [0.29, 0.717) is 28.5 Å². The van der Waals surface area contributed by atoms with E-state index in [0.717, 1.165) is 16.6 Å². The quantitative estimate of drug-likeness (QED) is 0.266. The first-order valence-corrected chi connectivity index (χ1v) is 14.6. The summed E-state index contributed by atoms with van der Waals surface area (Å²) >= 11 is 0. The van der Waals surface area contributed by atoms with E-state index in [1.54, 1.807) is 25.9 Å². The molecule has 8 heteroatoms. The molecule has 7 nitrogen and oxygen atoms in total. The molecule has 5 aromatic rings. The number of nitrogens with zero attached hydrogens (tertiary/aromatic N) is 5. The summed E-state index contributed by atoms with van der Waals surface area (Å²) in [6.07, 6.45) is 7.61. The van der Waals surface area contributed by atoms with Crippen LogP contribution in [0.4, 0.5) is 11.5 Å². The number of pyridine rings is 1. The molecule has 5 rings (SSSR count). The first-order valence-electron chi connectivity index (χ1n) is 12.0. The average Bonchev–Trinajstić information content (AvgIpc) is 3.27. The fourth-order valence-corrected chi connectivity index (χ4v) is 4.98. The van der Waals surface area contributed by atoms with Crippen LogP contribution in [0.3, 0.4) is 0 Å². The molecule has 37 heavy (non-hydrogen) atoms. The van der Waals surface area contributed by atoms with E-state index < -0.39 is 7.14 Å². The van der Waals surface area contributed by atoms with Gasteiger partial charge in [0.1, 0.15) is 19.2 Å². The van der Waals surface area contributed by atoms with E-state index in [2.05, 4.69) is 53.4 Å². The number of hydrogen-bond donors (Lipinski definition) is 1. The van der Waals surface area contributed by atoms with Gasteiger partial charge in [-0.15, -0.1) is 0 Å². The standard InChI is InChI=1S/C29H29N6OP/c1-19-9-14-25(30-17-19)27-33-28(32-22-10-12-23(13-11-22)37(4,5)36)26-29(34-27)35(18-31-26)16-15-24-20(2)7-6-8-21(24)3/h6-18H,1-5H3,(H,32,33,34). The second-order valence-electron chi connectivity index (χ2n) is 9.58. The molecular formula is C29H29N6OP. The van der Waals surface area contributed by atoms with Crippen LogP contribution in [0.25, 0.3) is 35.0 Å². The highest BCUT2D eigenvalue weighted by Crippen LogP contribution is 2.35. The number of fused-ring (bicyclic) bond motifs is 1. The second kappa shape index (κ2) is 9.75. The van der Waals surface area contributed by atoms with Gasteiger partial charge in [-0.1, -0.05) is 24.3 Å². The molecule has 0 atom stereocenters. The number of nitrogens with one attached hydrogen (secondary N) is 1. The zero-order chi connectivity index (χ0) is 26.2. The van der Waals surface area contributed by atoms with E-state index in [9.17, 15) is 4.57 Å². The van der Waals surface area contributed by atoms with Crippen molar-refractivity contribution in [2.45, 2.75) is 20.8 Å². The lowest BCUT2D eigenvalue weighted by atomic mass is 10.0. The fraction of sp³-hybridized carbons (Fsp3) is 0.172. The number of aryl methyl sites for hydroxylation is 3. The Morgan fingerprint density at radius 2 is 1.62 bits per heavy atom. The molecule has 0 saturated heterocycles. The molecule has 0 fully saturated rings. The third kappa shape index (κ3) is 5.23. The van der Waals surface area contributed by atoms with Crippen molar-refractivity contribution in [1.82, 2.24) is 24.5 Å². The third-order valence-corrected chi connectivity index (χ3v) is 7.80. The Hall–Kier alpha value is -4.09. The van der Waals surface area contributed by atoms with E-state index in [4.69, 9.17) is 9.97 Å². The van der Waals surface area contributed by atoms with Gasteiger partial charge in [-0.2, -0.15) is 0 Å². The Morgan fingerprint density at radius 3 is 2.27 bits per heavy atom. The molecule has 3 heterocycles. The van der Waals surface area contributed by atoms with Crippen LogP contribution in [-0.4, -0.2) is 37.8 Å². The maximum Gasteiger partial charge on any atom is 0.182 e. The summed E-state index contributed by atoms with van der Waals surface area (Å²) in [5, 5.41) is 4.21. The Kier molecular flexibility index (Phi) is 6.48. The van der Waals surface area contributed by atoms with Crippen LogP contribution in [0.1, 0.15) is 22.3 Å². The predicted octanol–water partition coefficient (Wildman–Crippen LogP) is 6.43. The Labute approximate surface area is 216 Å². The monoisotopic (exact) mass is 508 g/mol. The van der Waals surface area contributed by atoms with Gasteiger partial charge >= 0.3 is 0 Å². The minimum atomic E-state index is -2.33. The summed E-state index contributed by atoms with van der Waals surface area (Å²) < 4.78 is 14.3. The smallest absolute Gasteiger partial charge is 0.182 e. The highest BCUT2D eigenvalue weighted by molar-refractivity contribution is 7.70. The summed E-state index contributed by atoms with van der Waals surface area (Å²) in [5.74, 6) is 1.07. The zero-order valence-electron chi connectivity index (χ0n) is 21.6. The molecule has 0 bridgehead atoms. The van der Waals surface area contributed by atoms with Crippen molar-refractivity contribution >= 4 is 47.4 Å². The van der Waals surface area contributed by atoms with Gasteiger partial charge in [0.2, 0.25) is 0 Å². The average molecular weight is 509 g/mol. The topological polar surface area (TPSA) is 85.6 Å². The lowest BCUT2D eigenvalue weighted by molar-refractivity contribution is 0.588. The molecule has 186 valence electrons.